The van der Waals surface area contributed by atoms with Crippen molar-refractivity contribution >= 4 is 23.2 Å². The molecule has 2 aliphatic heterocycles. The van der Waals surface area contributed by atoms with Gasteiger partial charge in [0, 0.05) is 44.7 Å². The van der Waals surface area contributed by atoms with E-state index in [9.17, 15) is 4.79 Å². The standard InChI is InChI=1S/C26H37N9O2/c1-3-4-13-37-26-31-22(27)24-30-17-21(35(24)32-26)15-19-14-18(2)23(29-16-19)33-9-11-34(12-10-33)25(36)20-5-7-28-8-6-20/h14,16-17,20,28H,3-13,15H2,1-2H3,(H2,27,31,32). The molecular weight excluding hydrogens is 470 g/mol. The minimum absolute atomic E-state index is 0.172. The second kappa shape index (κ2) is 11.3. The highest BCUT2D eigenvalue weighted by molar-refractivity contribution is 5.79. The molecule has 0 bridgehead atoms. The lowest BCUT2D eigenvalue weighted by molar-refractivity contribution is -0.136. The van der Waals surface area contributed by atoms with Crippen LogP contribution in [0.5, 0.6) is 6.01 Å². The number of ether oxygens (including phenoxy) is 1. The van der Waals surface area contributed by atoms with E-state index >= 15 is 0 Å². The summed E-state index contributed by atoms with van der Waals surface area (Å²) in [6, 6.07) is 2.43. The first kappa shape index (κ1) is 25.2. The normalized spacial score (nSPS) is 16.9. The maximum absolute atomic E-state index is 12.9. The lowest BCUT2D eigenvalue weighted by atomic mass is 9.96. The van der Waals surface area contributed by atoms with E-state index in [1.54, 1.807) is 10.7 Å². The predicted molar refractivity (Wildman–Crippen MR) is 142 cm³/mol. The average Bonchev–Trinajstić information content (AvgIpc) is 3.32. The van der Waals surface area contributed by atoms with Gasteiger partial charge >= 0.3 is 6.01 Å². The Kier molecular flexibility index (Phi) is 7.68. The van der Waals surface area contributed by atoms with Crippen LogP contribution in [0, 0.1) is 12.8 Å². The molecule has 0 atom stereocenters. The van der Waals surface area contributed by atoms with Gasteiger partial charge < -0.3 is 25.6 Å². The molecule has 198 valence electrons. The van der Waals surface area contributed by atoms with Gasteiger partial charge in [-0.25, -0.2) is 14.5 Å². The number of nitrogen functional groups attached to an aromatic ring is 1. The zero-order valence-corrected chi connectivity index (χ0v) is 21.8. The predicted octanol–water partition coefficient (Wildman–Crippen LogP) is 1.83. The fourth-order valence-corrected chi connectivity index (χ4v) is 5.15. The van der Waals surface area contributed by atoms with Gasteiger partial charge in [0.15, 0.2) is 11.5 Å². The van der Waals surface area contributed by atoms with Crippen LogP contribution in [-0.2, 0) is 11.2 Å². The Morgan fingerprint density at radius 1 is 1.16 bits per heavy atom. The number of nitrogens with zero attached hydrogens (tertiary/aromatic N) is 7. The minimum atomic E-state index is 0.172. The van der Waals surface area contributed by atoms with E-state index in [0.29, 0.717) is 30.4 Å². The van der Waals surface area contributed by atoms with Crippen molar-refractivity contribution in [2.45, 2.75) is 46.0 Å². The van der Waals surface area contributed by atoms with Gasteiger partial charge in [-0.15, -0.1) is 5.10 Å². The Morgan fingerprint density at radius 3 is 2.68 bits per heavy atom. The molecule has 0 aliphatic carbocycles. The number of piperidine rings is 1. The van der Waals surface area contributed by atoms with Crippen molar-refractivity contribution in [3.05, 3.63) is 35.3 Å². The van der Waals surface area contributed by atoms with E-state index in [1.165, 1.54) is 0 Å². The number of imidazole rings is 1. The highest BCUT2D eigenvalue weighted by Gasteiger charge is 2.29. The number of fused-ring (bicyclic) bond motifs is 1. The minimum Gasteiger partial charge on any atom is -0.462 e. The number of nitrogens with two attached hydrogens (primary N) is 1. The third-order valence-electron chi connectivity index (χ3n) is 7.24. The molecular formula is C26H37N9O2. The molecule has 0 saturated carbocycles. The largest absolute Gasteiger partial charge is 0.462 e. The van der Waals surface area contributed by atoms with Gasteiger partial charge in [-0.2, -0.15) is 4.98 Å². The van der Waals surface area contributed by atoms with Gasteiger partial charge in [-0.05, 0) is 50.4 Å². The Bertz CT molecular complexity index is 1230. The summed E-state index contributed by atoms with van der Waals surface area (Å²) in [6.07, 6.45) is 8.15. The number of carbonyl (C=O) groups is 1. The Morgan fingerprint density at radius 2 is 1.95 bits per heavy atom. The van der Waals surface area contributed by atoms with Gasteiger partial charge in [0.2, 0.25) is 5.91 Å². The molecule has 3 N–H and O–H groups in total. The maximum atomic E-state index is 12.9. The number of carbonyl (C=O) groups excluding carboxylic acids is 1. The maximum Gasteiger partial charge on any atom is 0.336 e. The molecule has 2 aliphatic rings. The van der Waals surface area contributed by atoms with Crippen molar-refractivity contribution in [2.24, 2.45) is 5.92 Å². The summed E-state index contributed by atoms with van der Waals surface area (Å²) in [6.45, 7) is 9.72. The van der Waals surface area contributed by atoms with Crippen LogP contribution < -0.4 is 20.7 Å². The molecule has 0 radical (unpaired) electrons. The molecule has 3 aromatic rings. The number of unbranched alkanes of at least 4 members (excludes halogenated alkanes) is 1. The number of anilines is 2. The number of pyridine rings is 1. The Balaban J connectivity index is 1.24. The zero-order valence-electron chi connectivity index (χ0n) is 21.8. The first-order valence-electron chi connectivity index (χ1n) is 13.4. The molecule has 1 amide bonds. The quantitative estimate of drug-likeness (QED) is 0.439. The molecule has 0 aromatic carbocycles. The van der Waals surface area contributed by atoms with Crippen molar-refractivity contribution in [1.29, 1.82) is 0 Å². The Hall–Kier alpha value is -3.47. The Labute approximate surface area is 217 Å². The number of piperazine rings is 1. The number of aryl methyl sites for hydroxylation is 1. The van der Waals surface area contributed by atoms with Gasteiger partial charge in [0.05, 0.1) is 18.5 Å². The number of amides is 1. The van der Waals surface area contributed by atoms with Gasteiger partial charge in [0.1, 0.15) is 5.82 Å². The van der Waals surface area contributed by atoms with Gasteiger partial charge in [0.25, 0.3) is 0 Å². The van der Waals surface area contributed by atoms with Crippen LogP contribution in [0.1, 0.15) is 49.4 Å². The van der Waals surface area contributed by atoms with Crippen LogP contribution in [0.3, 0.4) is 0 Å². The summed E-state index contributed by atoms with van der Waals surface area (Å²) in [7, 11) is 0. The molecule has 0 unspecified atom stereocenters. The lowest BCUT2D eigenvalue weighted by Gasteiger charge is -2.38. The number of hydrogen-bond donors (Lipinski definition) is 2. The monoisotopic (exact) mass is 507 g/mol. The van der Waals surface area contributed by atoms with E-state index in [1.807, 2.05) is 11.1 Å². The first-order chi connectivity index (χ1) is 18.0. The van der Waals surface area contributed by atoms with Crippen molar-refractivity contribution in [2.75, 3.05) is 56.5 Å². The van der Waals surface area contributed by atoms with Crippen LogP contribution in [0.25, 0.3) is 5.65 Å². The van der Waals surface area contributed by atoms with E-state index in [2.05, 4.69) is 45.2 Å². The fourth-order valence-electron chi connectivity index (χ4n) is 5.15. The van der Waals surface area contributed by atoms with Crippen molar-refractivity contribution in [3.63, 3.8) is 0 Å². The van der Waals surface area contributed by atoms with Crippen LogP contribution in [0.15, 0.2) is 18.5 Å². The van der Waals surface area contributed by atoms with E-state index < -0.39 is 0 Å². The lowest BCUT2D eigenvalue weighted by Crippen LogP contribution is -2.51. The number of rotatable bonds is 8. The molecule has 2 saturated heterocycles. The fraction of sp³-hybridized carbons (Fsp3) is 0.577. The number of hydrogen-bond acceptors (Lipinski definition) is 9. The molecule has 2 fully saturated rings. The van der Waals surface area contributed by atoms with Crippen LogP contribution in [0.2, 0.25) is 0 Å². The average molecular weight is 508 g/mol. The molecule has 37 heavy (non-hydrogen) atoms. The third kappa shape index (κ3) is 5.61. The SMILES string of the molecule is CCCCOc1nc(N)c2ncc(Cc3cnc(N4CCN(C(=O)C5CCNCC5)CC4)c(C)c3)n2n1. The summed E-state index contributed by atoms with van der Waals surface area (Å²) >= 11 is 0. The molecule has 5 heterocycles. The topological polar surface area (TPSA) is 127 Å². The summed E-state index contributed by atoms with van der Waals surface area (Å²) in [5, 5.41) is 7.85. The second-order valence-corrected chi connectivity index (χ2v) is 9.96. The molecule has 11 heteroatoms. The third-order valence-corrected chi connectivity index (χ3v) is 7.24. The van der Waals surface area contributed by atoms with E-state index in [4.69, 9.17) is 15.5 Å². The van der Waals surface area contributed by atoms with E-state index in [-0.39, 0.29) is 11.9 Å². The van der Waals surface area contributed by atoms with Crippen LogP contribution in [-0.4, -0.2) is 81.2 Å². The molecule has 11 nitrogen and oxygen atoms in total. The molecule has 5 rings (SSSR count). The van der Waals surface area contributed by atoms with E-state index in [0.717, 1.165) is 87.6 Å². The zero-order chi connectivity index (χ0) is 25.8. The highest BCUT2D eigenvalue weighted by atomic mass is 16.5. The molecule has 3 aromatic heterocycles. The summed E-state index contributed by atoms with van der Waals surface area (Å²) in [5.41, 5.74) is 9.70. The summed E-state index contributed by atoms with van der Waals surface area (Å²) in [5.74, 6) is 1.77. The number of nitrogens with one attached hydrogen (secondary N) is 1. The molecule has 0 spiro atoms. The first-order valence-corrected chi connectivity index (χ1v) is 13.4. The van der Waals surface area contributed by atoms with Crippen molar-refractivity contribution in [1.82, 2.24) is 34.8 Å². The van der Waals surface area contributed by atoms with Crippen LogP contribution >= 0.6 is 0 Å². The smallest absolute Gasteiger partial charge is 0.336 e. The van der Waals surface area contributed by atoms with Crippen molar-refractivity contribution in [3.8, 4) is 6.01 Å². The second-order valence-electron chi connectivity index (χ2n) is 9.96. The van der Waals surface area contributed by atoms with Crippen molar-refractivity contribution < 1.29 is 9.53 Å². The summed E-state index contributed by atoms with van der Waals surface area (Å²) in [4.78, 5) is 30.7. The summed E-state index contributed by atoms with van der Waals surface area (Å²) < 4.78 is 7.39. The highest BCUT2D eigenvalue weighted by Crippen LogP contribution is 2.23. The van der Waals surface area contributed by atoms with Gasteiger partial charge in [-0.3, -0.25) is 4.79 Å². The number of aromatic nitrogens is 5. The van der Waals surface area contributed by atoms with Crippen LogP contribution in [0.4, 0.5) is 11.6 Å². The van der Waals surface area contributed by atoms with Gasteiger partial charge in [-0.1, -0.05) is 19.4 Å².